The Morgan fingerprint density at radius 3 is 2.08 bits per heavy atom. The highest BCUT2D eigenvalue weighted by molar-refractivity contribution is 5.85. The maximum Gasteiger partial charge on any atom is 0.233 e. The van der Waals surface area contributed by atoms with Crippen LogP contribution in [0.25, 0.3) is 0 Å². The zero-order valence-electron chi connectivity index (χ0n) is 20.4. The summed E-state index contributed by atoms with van der Waals surface area (Å²) in [6.07, 6.45) is 1.51. The molecule has 2 heterocycles. The average molecular weight is 534 g/mol. The summed E-state index contributed by atoms with van der Waals surface area (Å²) in [7, 11) is 1.64. The first-order valence-electron chi connectivity index (χ1n) is 11.5. The maximum atomic E-state index is 13.3. The van der Waals surface area contributed by atoms with Gasteiger partial charge in [-0.25, -0.2) is 14.1 Å². The number of methoxy groups -OCH3 is 1. The second-order valence-corrected chi connectivity index (χ2v) is 7.96. The van der Waals surface area contributed by atoms with Crippen LogP contribution in [0.2, 0.25) is 0 Å². The molecular weight excluding hydrogens is 509 g/mol. The molecule has 5 rings (SSSR count). The van der Waals surface area contributed by atoms with E-state index in [1.54, 1.807) is 23.9 Å². The third-order valence-electron chi connectivity index (χ3n) is 5.36. The number of benzene rings is 3. The van der Waals surface area contributed by atoms with Crippen LogP contribution in [0.4, 0.5) is 33.6 Å². The van der Waals surface area contributed by atoms with Gasteiger partial charge in [0, 0.05) is 11.4 Å². The van der Waals surface area contributed by atoms with Crippen LogP contribution in [0.15, 0.2) is 85.2 Å². The van der Waals surface area contributed by atoms with Crippen molar-refractivity contribution in [1.82, 2.24) is 29.7 Å². The van der Waals surface area contributed by atoms with Gasteiger partial charge in [-0.3, -0.25) is 0 Å². The zero-order valence-corrected chi connectivity index (χ0v) is 21.2. The van der Waals surface area contributed by atoms with E-state index in [1.807, 2.05) is 54.6 Å². The van der Waals surface area contributed by atoms with E-state index in [0.29, 0.717) is 42.4 Å². The highest BCUT2D eigenvalue weighted by Gasteiger charge is 2.11. The van der Waals surface area contributed by atoms with Crippen molar-refractivity contribution in [2.24, 2.45) is 0 Å². The topological polar surface area (TPSA) is 115 Å². The number of rotatable bonds is 10. The lowest BCUT2D eigenvalue weighted by Crippen LogP contribution is -2.14. The fourth-order valence-electron chi connectivity index (χ4n) is 3.50. The first-order valence-corrected chi connectivity index (χ1v) is 11.5. The number of anilines is 5. The number of hydrogen-bond donors (Lipinski definition) is 3. The van der Waals surface area contributed by atoms with Crippen LogP contribution in [-0.2, 0) is 13.1 Å². The number of para-hydroxylation sites is 1. The summed E-state index contributed by atoms with van der Waals surface area (Å²) in [5, 5.41) is 13.8. The summed E-state index contributed by atoms with van der Waals surface area (Å²) in [6.45, 7) is 0.886. The normalized spacial score (nSPS) is 10.4. The monoisotopic (exact) mass is 533 g/mol. The summed E-state index contributed by atoms with van der Waals surface area (Å²) in [5.74, 6) is 2.15. The van der Waals surface area contributed by atoms with E-state index < -0.39 is 0 Å². The van der Waals surface area contributed by atoms with E-state index >= 15 is 0 Å². The van der Waals surface area contributed by atoms with Crippen molar-refractivity contribution in [3.05, 3.63) is 102 Å². The predicted octanol–water partition coefficient (Wildman–Crippen LogP) is 5.18. The Kier molecular flexibility index (Phi) is 8.62. The molecule has 0 atom stereocenters. The van der Waals surface area contributed by atoms with Gasteiger partial charge in [0.25, 0.3) is 0 Å². The molecule has 0 fully saturated rings. The van der Waals surface area contributed by atoms with Crippen molar-refractivity contribution < 1.29 is 9.13 Å². The molecule has 3 N–H and O–H groups in total. The van der Waals surface area contributed by atoms with Gasteiger partial charge in [-0.2, -0.15) is 20.1 Å². The highest BCUT2D eigenvalue weighted by atomic mass is 35.5. The molecule has 0 aliphatic rings. The van der Waals surface area contributed by atoms with Crippen molar-refractivity contribution in [3.63, 3.8) is 0 Å². The van der Waals surface area contributed by atoms with E-state index in [1.165, 1.54) is 18.5 Å². The van der Waals surface area contributed by atoms with Gasteiger partial charge < -0.3 is 20.7 Å². The Hall–Kier alpha value is -4.77. The van der Waals surface area contributed by atoms with Crippen molar-refractivity contribution in [2.75, 3.05) is 23.1 Å². The molecule has 0 aliphatic carbocycles. The summed E-state index contributed by atoms with van der Waals surface area (Å²) < 4.78 is 20.4. The molecule has 0 bridgehead atoms. The van der Waals surface area contributed by atoms with E-state index in [2.05, 4.69) is 41.0 Å². The molecule has 12 heteroatoms. The van der Waals surface area contributed by atoms with Gasteiger partial charge in [-0.15, -0.1) is 12.4 Å². The predicted molar refractivity (Wildman–Crippen MR) is 146 cm³/mol. The minimum atomic E-state index is -0.325. The van der Waals surface area contributed by atoms with Crippen LogP contribution in [-0.4, -0.2) is 36.8 Å². The Morgan fingerprint density at radius 2 is 1.42 bits per heavy atom. The molecule has 38 heavy (non-hydrogen) atoms. The largest absolute Gasteiger partial charge is 0.497 e. The van der Waals surface area contributed by atoms with Crippen molar-refractivity contribution >= 4 is 41.6 Å². The Labute approximate surface area is 224 Å². The number of nitrogens with zero attached hydrogens (tertiary/aromatic N) is 6. The zero-order chi connectivity index (χ0) is 25.5. The molecule has 0 amide bonds. The van der Waals surface area contributed by atoms with E-state index in [9.17, 15) is 4.39 Å². The minimum absolute atomic E-state index is 0. The van der Waals surface area contributed by atoms with Gasteiger partial charge >= 0.3 is 0 Å². The second-order valence-electron chi connectivity index (χ2n) is 7.96. The molecule has 10 nitrogen and oxygen atoms in total. The fourth-order valence-corrected chi connectivity index (χ4v) is 3.50. The summed E-state index contributed by atoms with van der Waals surface area (Å²) in [6, 6.07) is 23.3. The molecule has 3 aromatic carbocycles. The summed E-state index contributed by atoms with van der Waals surface area (Å²) >= 11 is 0. The van der Waals surface area contributed by atoms with Crippen LogP contribution in [0.3, 0.4) is 0 Å². The van der Waals surface area contributed by atoms with Crippen LogP contribution in [0.5, 0.6) is 5.75 Å². The van der Waals surface area contributed by atoms with Crippen molar-refractivity contribution in [2.45, 2.75) is 13.1 Å². The van der Waals surface area contributed by atoms with Crippen molar-refractivity contribution in [3.8, 4) is 5.75 Å². The van der Waals surface area contributed by atoms with Crippen LogP contribution in [0.1, 0.15) is 11.4 Å². The summed E-state index contributed by atoms with van der Waals surface area (Å²) in [5.41, 5.74) is 2.53. The molecule has 0 saturated carbocycles. The number of halogens is 2. The SMILES string of the molecule is COc1ccc(Cn2ncnc2CNc2nc(Nc3ccccc3)nc(Nc3ccc(F)cc3)n2)cc1.Cl. The van der Waals surface area contributed by atoms with Gasteiger partial charge in [0.2, 0.25) is 17.8 Å². The number of ether oxygens (including phenoxy) is 1. The molecule has 0 radical (unpaired) electrons. The van der Waals surface area contributed by atoms with E-state index in [4.69, 9.17) is 4.74 Å². The molecule has 5 aromatic rings. The molecule has 0 aliphatic heterocycles. The van der Waals surface area contributed by atoms with Gasteiger partial charge in [-0.05, 0) is 54.1 Å². The maximum absolute atomic E-state index is 13.3. The quantitative estimate of drug-likeness (QED) is 0.223. The molecule has 0 spiro atoms. The first kappa shape index (κ1) is 26.3. The average Bonchev–Trinajstić information content (AvgIpc) is 3.36. The number of nitrogens with one attached hydrogen (secondary N) is 3. The fraction of sp³-hybridized carbons (Fsp3) is 0.115. The van der Waals surface area contributed by atoms with Gasteiger partial charge in [-0.1, -0.05) is 30.3 Å². The standard InChI is InChI=1S/C26H24FN9O.ClH/c1-37-22-13-7-18(8-14-22)16-36-23(29-17-30-36)15-28-24-33-25(31-20-5-3-2-4-6-20)35-26(34-24)32-21-11-9-19(27)10-12-21;/h2-14,17H,15-16H2,1H3,(H3,28,31,32,33,34,35);1H. The van der Waals surface area contributed by atoms with Crippen molar-refractivity contribution in [1.29, 1.82) is 0 Å². The van der Waals surface area contributed by atoms with Crippen LogP contribution >= 0.6 is 12.4 Å². The lowest BCUT2D eigenvalue weighted by Gasteiger charge is -2.12. The summed E-state index contributed by atoms with van der Waals surface area (Å²) in [4.78, 5) is 17.8. The molecular formula is C26H25ClFN9O. The Morgan fingerprint density at radius 1 is 0.789 bits per heavy atom. The second kappa shape index (κ2) is 12.5. The molecule has 2 aromatic heterocycles. The van der Waals surface area contributed by atoms with Crippen LogP contribution in [0, 0.1) is 5.82 Å². The lowest BCUT2D eigenvalue weighted by atomic mass is 10.2. The third-order valence-corrected chi connectivity index (χ3v) is 5.36. The molecule has 0 unspecified atom stereocenters. The number of aromatic nitrogens is 6. The smallest absolute Gasteiger partial charge is 0.233 e. The van der Waals surface area contributed by atoms with Gasteiger partial charge in [0.1, 0.15) is 23.7 Å². The lowest BCUT2D eigenvalue weighted by molar-refractivity contribution is 0.414. The first-order chi connectivity index (χ1) is 18.1. The Balaban J connectivity index is 0.00000336. The number of hydrogen-bond acceptors (Lipinski definition) is 9. The minimum Gasteiger partial charge on any atom is -0.497 e. The third kappa shape index (κ3) is 6.92. The highest BCUT2D eigenvalue weighted by Crippen LogP contribution is 2.19. The van der Waals surface area contributed by atoms with E-state index in [0.717, 1.165) is 17.0 Å². The molecule has 194 valence electrons. The molecule has 0 saturated heterocycles. The van der Waals surface area contributed by atoms with Crippen LogP contribution < -0.4 is 20.7 Å². The van der Waals surface area contributed by atoms with E-state index in [-0.39, 0.29) is 18.2 Å². The van der Waals surface area contributed by atoms with Gasteiger partial charge in [0.05, 0.1) is 20.2 Å². The van der Waals surface area contributed by atoms with Gasteiger partial charge in [0.15, 0.2) is 0 Å². The Bertz CT molecular complexity index is 1450.